The number of aryl methyl sites for hydroxylation is 1. The van der Waals surface area contributed by atoms with Crippen molar-refractivity contribution in [3.8, 4) is 0 Å². The van der Waals surface area contributed by atoms with Crippen molar-refractivity contribution < 1.29 is 19.1 Å². The van der Waals surface area contributed by atoms with E-state index in [0.29, 0.717) is 21.3 Å². The van der Waals surface area contributed by atoms with Crippen LogP contribution in [0.1, 0.15) is 49.1 Å². The van der Waals surface area contributed by atoms with Gasteiger partial charge in [0.15, 0.2) is 5.13 Å². The molecule has 4 aromatic rings. The van der Waals surface area contributed by atoms with Crippen LogP contribution in [0, 0.1) is 12.7 Å². The van der Waals surface area contributed by atoms with Crippen molar-refractivity contribution in [3.63, 3.8) is 0 Å². The molecule has 182 valence electrons. The zero-order valence-corrected chi connectivity index (χ0v) is 21.2. The van der Waals surface area contributed by atoms with Gasteiger partial charge < -0.3 is 5.11 Å². The third-order valence-corrected chi connectivity index (χ3v) is 7.42. The summed E-state index contributed by atoms with van der Waals surface area (Å²) in [7, 11) is 0. The lowest BCUT2D eigenvalue weighted by molar-refractivity contribution is -0.132. The molecule has 36 heavy (non-hydrogen) atoms. The highest BCUT2D eigenvalue weighted by Crippen LogP contribution is 2.44. The van der Waals surface area contributed by atoms with Crippen molar-refractivity contribution in [1.29, 1.82) is 0 Å². The molecule has 0 aliphatic carbocycles. The van der Waals surface area contributed by atoms with E-state index in [-0.39, 0.29) is 21.9 Å². The number of carbonyl (C=O) groups is 2. The van der Waals surface area contributed by atoms with Gasteiger partial charge in [0.05, 0.1) is 21.8 Å². The molecule has 1 aliphatic rings. The maximum absolute atomic E-state index is 13.8. The third-order valence-electron chi connectivity index (χ3n) is 6.41. The minimum Gasteiger partial charge on any atom is -0.507 e. The average Bonchev–Trinajstić information content (AvgIpc) is 3.36. The standard InChI is InChI=1S/C29H25FN2O3S/c1-16-5-7-18(8-6-16)25(33)23-24(17-9-11-19(12-10-17)29(2,3)4)32(27(35)26(23)34)28-31-21-14-13-20(30)15-22(21)36-28/h5-15,24,33H,1-4H3/b25-23+. The van der Waals surface area contributed by atoms with Gasteiger partial charge >= 0.3 is 5.91 Å². The summed E-state index contributed by atoms with van der Waals surface area (Å²) in [6.45, 7) is 8.23. The molecule has 7 heteroatoms. The molecule has 5 rings (SSSR count). The van der Waals surface area contributed by atoms with Gasteiger partial charge in [0.25, 0.3) is 5.78 Å². The Bertz CT molecular complexity index is 1530. The normalized spacial score (nSPS) is 17.8. The Labute approximate surface area is 212 Å². The molecular weight excluding hydrogens is 475 g/mol. The first kappa shape index (κ1) is 23.9. The van der Waals surface area contributed by atoms with Gasteiger partial charge in [-0.25, -0.2) is 9.37 Å². The topological polar surface area (TPSA) is 70.5 Å². The number of nitrogens with zero attached hydrogens (tertiary/aromatic N) is 2. The van der Waals surface area contributed by atoms with E-state index in [2.05, 4.69) is 25.8 Å². The number of aliphatic hydroxyl groups excluding tert-OH is 1. The van der Waals surface area contributed by atoms with E-state index in [9.17, 15) is 19.1 Å². The molecular formula is C29H25FN2O3S. The monoisotopic (exact) mass is 500 g/mol. The highest BCUT2D eigenvalue weighted by atomic mass is 32.1. The van der Waals surface area contributed by atoms with E-state index in [4.69, 9.17) is 0 Å². The summed E-state index contributed by atoms with van der Waals surface area (Å²) in [6.07, 6.45) is 0. The number of benzene rings is 3. The van der Waals surface area contributed by atoms with Gasteiger partial charge in [-0.05, 0) is 41.7 Å². The molecule has 1 N–H and O–H groups in total. The van der Waals surface area contributed by atoms with Crippen LogP contribution < -0.4 is 4.90 Å². The van der Waals surface area contributed by atoms with E-state index in [0.717, 1.165) is 22.5 Å². The second-order valence-corrected chi connectivity index (χ2v) is 11.0. The Morgan fingerprint density at radius 3 is 2.31 bits per heavy atom. The molecule has 1 saturated heterocycles. The highest BCUT2D eigenvalue weighted by Gasteiger charge is 2.48. The lowest BCUT2D eigenvalue weighted by Crippen LogP contribution is -2.29. The number of aliphatic hydroxyl groups is 1. The zero-order chi connectivity index (χ0) is 25.8. The molecule has 1 fully saturated rings. The van der Waals surface area contributed by atoms with E-state index in [1.54, 1.807) is 18.2 Å². The predicted molar refractivity (Wildman–Crippen MR) is 141 cm³/mol. The minimum atomic E-state index is -0.884. The number of hydrogen-bond acceptors (Lipinski definition) is 5. The largest absolute Gasteiger partial charge is 0.507 e. The van der Waals surface area contributed by atoms with Crippen molar-refractivity contribution in [2.45, 2.75) is 39.2 Å². The van der Waals surface area contributed by atoms with Crippen molar-refractivity contribution >= 4 is 44.1 Å². The first-order chi connectivity index (χ1) is 17.0. The number of rotatable bonds is 3. The van der Waals surface area contributed by atoms with Crippen LogP contribution in [0.5, 0.6) is 0 Å². The van der Waals surface area contributed by atoms with Crippen LogP contribution in [-0.2, 0) is 15.0 Å². The van der Waals surface area contributed by atoms with Crippen LogP contribution in [0.25, 0.3) is 16.0 Å². The number of hydrogen-bond donors (Lipinski definition) is 1. The van der Waals surface area contributed by atoms with Crippen LogP contribution in [0.15, 0.2) is 72.3 Å². The van der Waals surface area contributed by atoms with Gasteiger partial charge in [-0.15, -0.1) is 0 Å². The van der Waals surface area contributed by atoms with Crippen LogP contribution in [0.4, 0.5) is 9.52 Å². The number of ketones is 1. The molecule has 0 bridgehead atoms. The summed E-state index contributed by atoms with van der Waals surface area (Å²) in [6, 6.07) is 18.1. The van der Waals surface area contributed by atoms with Gasteiger partial charge in [0.1, 0.15) is 11.6 Å². The zero-order valence-electron chi connectivity index (χ0n) is 20.4. The molecule has 5 nitrogen and oxygen atoms in total. The van der Waals surface area contributed by atoms with Gasteiger partial charge in [0.2, 0.25) is 0 Å². The van der Waals surface area contributed by atoms with Crippen LogP contribution in [0.3, 0.4) is 0 Å². The van der Waals surface area contributed by atoms with Gasteiger partial charge in [0, 0.05) is 5.56 Å². The Kier molecular flexibility index (Phi) is 5.75. The summed E-state index contributed by atoms with van der Waals surface area (Å²) in [5, 5.41) is 11.5. The van der Waals surface area contributed by atoms with Crippen molar-refractivity contribution in [2.75, 3.05) is 4.90 Å². The van der Waals surface area contributed by atoms with Crippen molar-refractivity contribution in [3.05, 3.63) is 100 Å². The fourth-order valence-corrected chi connectivity index (χ4v) is 5.38. The summed E-state index contributed by atoms with van der Waals surface area (Å²) in [4.78, 5) is 32.6. The summed E-state index contributed by atoms with van der Waals surface area (Å²) in [5.41, 5.74) is 3.65. The number of thiazole rings is 1. The molecule has 1 aliphatic heterocycles. The SMILES string of the molecule is Cc1ccc(/C(O)=C2\C(=O)C(=O)N(c3nc4ccc(F)cc4s3)C2c2ccc(C(C)(C)C)cc2)cc1. The number of halogens is 1. The maximum atomic E-state index is 13.8. The van der Waals surface area contributed by atoms with Crippen LogP contribution in [0.2, 0.25) is 0 Å². The summed E-state index contributed by atoms with van der Waals surface area (Å²) < 4.78 is 14.4. The molecule has 1 unspecified atom stereocenters. The minimum absolute atomic E-state index is 0.00204. The Morgan fingerprint density at radius 2 is 1.67 bits per heavy atom. The first-order valence-corrected chi connectivity index (χ1v) is 12.4. The molecule has 0 saturated carbocycles. The fourth-order valence-electron chi connectivity index (χ4n) is 4.37. The Hall–Kier alpha value is -3.84. The van der Waals surface area contributed by atoms with Crippen molar-refractivity contribution in [1.82, 2.24) is 4.98 Å². The molecule has 1 aromatic heterocycles. The van der Waals surface area contributed by atoms with Crippen LogP contribution >= 0.6 is 11.3 Å². The van der Waals surface area contributed by atoms with E-state index in [1.165, 1.54) is 17.0 Å². The molecule has 2 heterocycles. The molecule has 0 spiro atoms. The molecule has 3 aromatic carbocycles. The number of anilines is 1. The number of amides is 1. The quantitative estimate of drug-likeness (QED) is 0.194. The first-order valence-electron chi connectivity index (χ1n) is 11.6. The van der Waals surface area contributed by atoms with Gasteiger partial charge in [-0.1, -0.05) is 86.2 Å². The van der Waals surface area contributed by atoms with Gasteiger partial charge in [-0.3, -0.25) is 14.5 Å². The van der Waals surface area contributed by atoms with E-state index >= 15 is 0 Å². The lowest BCUT2D eigenvalue weighted by Gasteiger charge is -2.24. The fraction of sp³-hybridized carbons (Fsp3) is 0.207. The van der Waals surface area contributed by atoms with Crippen LogP contribution in [-0.4, -0.2) is 21.8 Å². The second kappa shape index (κ2) is 8.68. The average molecular weight is 501 g/mol. The van der Waals surface area contributed by atoms with E-state index < -0.39 is 23.5 Å². The summed E-state index contributed by atoms with van der Waals surface area (Å²) in [5.74, 6) is -2.22. The lowest BCUT2D eigenvalue weighted by atomic mass is 9.85. The summed E-state index contributed by atoms with van der Waals surface area (Å²) >= 11 is 1.13. The molecule has 1 atom stereocenters. The second-order valence-electron chi connectivity index (χ2n) is 10.0. The predicted octanol–water partition coefficient (Wildman–Crippen LogP) is 6.67. The Morgan fingerprint density at radius 1 is 1.00 bits per heavy atom. The number of carbonyl (C=O) groups excluding carboxylic acids is 2. The smallest absolute Gasteiger partial charge is 0.301 e. The number of fused-ring (bicyclic) bond motifs is 1. The Balaban J connectivity index is 1.71. The highest BCUT2D eigenvalue weighted by molar-refractivity contribution is 7.22. The third kappa shape index (κ3) is 4.09. The maximum Gasteiger partial charge on any atom is 0.301 e. The van der Waals surface area contributed by atoms with Gasteiger partial charge in [-0.2, -0.15) is 0 Å². The molecule has 0 radical (unpaired) electrons. The number of Topliss-reactive ketones (excluding diaryl/α,β-unsaturated/α-hetero) is 1. The number of aromatic nitrogens is 1. The molecule has 1 amide bonds. The van der Waals surface area contributed by atoms with E-state index in [1.807, 2.05) is 43.3 Å². The van der Waals surface area contributed by atoms with Crippen molar-refractivity contribution in [2.24, 2.45) is 0 Å².